The Labute approximate surface area is 122 Å². The molecule has 0 radical (unpaired) electrons. The van der Waals surface area contributed by atoms with Crippen molar-refractivity contribution in [3.05, 3.63) is 34.2 Å². The summed E-state index contributed by atoms with van der Waals surface area (Å²) in [6.45, 7) is 4.23. The quantitative estimate of drug-likeness (QED) is 0.523. The summed E-state index contributed by atoms with van der Waals surface area (Å²) in [4.78, 5) is 27.6. The summed E-state index contributed by atoms with van der Waals surface area (Å²) in [6.07, 6.45) is 0.394. The van der Waals surface area contributed by atoms with Gasteiger partial charge in [-0.05, 0) is 42.1 Å². The summed E-state index contributed by atoms with van der Waals surface area (Å²) in [7, 11) is 0. The molecule has 0 aliphatic carbocycles. The molecule has 1 fully saturated rings. The van der Waals surface area contributed by atoms with Crippen LogP contribution in [0.5, 0.6) is 0 Å². The van der Waals surface area contributed by atoms with E-state index >= 15 is 0 Å². The number of carbonyl (C=O) groups excluding carboxylic acids is 2. The normalized spacial score (nSPS) is 17.5. The number of anilines is 2. The average molecular weight is 287 g/mol. The number of hydrogen-bond donors (Lipinski definition) is 1. The van der Waals surface area contributed by atoms with Crippen LogP contribution in [-0.2, 0) is 9.59 Å². The molecule has 2 rings (SSSR count). The van der Waals surface area contributed by atoms with Crippen molar-refractivity contribution in [1.82, 2.24) is 0 Å². The Bertz CT molecular complexity index is 622. The standard InChI is InChI=1S/C14H17N5O2/c1-9-5-12(3-4-13(9)17-10(2)20)19-8-11(6-14(19)21)7-16-18-15/h3-5,11H,6-8H2,1-2H3,(H,17,20). The van der Waals surface area contributed by atoms with Crippen molar-refractivity contribution in [2.45, 2.75) is 20.3 Å². The molecule has 110 valence electrons. The molecule has 7 heteroatoms. The summed E-state index contributed by atoms with van der Waals surface area (Å²) >= 11 is 0. The zero-order valence-electron chi connectivity index (χ0n) is 12.0. The van der Waals surface area contributed by atoms with Crippen molar-refractivity contribution in [2.24, 2.45) is 11.0 Å². The van der Waals surface area contributed by atoms with E-state index in [1.54, 1.807) is 11.0 Å². The zero-order chi connectivity index (χ0) is 15.4. The number of amides is 2. The highest BCUT2D eigenvalue weighted by Crippen LogP contribution is 2.28. The Morgan fingerprint density at radius 1 is 1.57 bits per heavy atom. The van der Waals surface area contributed by atoms with Gasteiger partial charge in [0.1, 0.15) is 0 Å². The number of azide groups is 1. The van der Waals surface area contributed by atoms with Crippen LogP contribution in [0.1, 0.15) is 18.9 Å². The van der Waals surface area contributed by atoms with Crippen LogP contribution in [0.25, 0.3) is 10.4 Å². The van der Waals surface area contributed by atoms with Crippen LogP contribution in [0.15, 0.2) is 23.3 Å². The van der Waals surface area contributed by atoms with Crippen LogP contribution in [-0.4, -0.2) is 24.9 Å². The van der Waals surface area contributed by atoms with E-state index in [1.165, 1.54) is 6.92 Å². The first kappa shape index (κ1) is 14.9. The van der Waals surface area contributed by atoms with Gasteiger partial charge in [-0.25, -0.2) is 0 Å². The van der Waals surface area contributed by atoms with Gasteiger partial charge in [-0.15, -0.1) is 0 Å². The molecule has 1 atom stereocenters. The Kier molecular flexibility index (Phi) is 4.45. The predicted octanol–water partition coefficient (Wildman–Crippen LogP) is 2.62. The molecule has 7 nitrogen and oxygen atoms in total. The summed E-state index contributed by atoms with van der Waals surface area (Å²) < 4.78 is 0. The van der Waals surface area contributed by atoms with E-state index in [-0.39, 0.29) is 17.7 Å². The first-order valence-electron chi connectivity index (χ1n) is 6.70. The Balaban J connectivity index is 2.15. The van der Waals surface area contributed by atoms with Gasteiger partial charge in [0, 0.05) is 42.7 Å². The molecule has 0 spiro atoms. The monoisotopic (exact) mass is 287 g/mol. The van der Waals surface area contributed by atoms with Gasteiger partial charge in [-0.2, -0.15) is 0 Å². The van der Waals surface area contributed by atoms with Crippen molar-refractivity contribution in [3.63, 3.8) is 0 Å². The molecule has 1 unspecified atom stereocenters. The van der Waals surface area contributed by atoms with Crippen LogP contribution in [0, 0.1) is 12.8 Å². The minimum atomic E-state index is -0.127. The molecule has 0 bridgehead atoms. The van der Waals surface area contributed by atoms with Crippen molar-refractivity contribution in [3.8, 4) is 0 Å². The van der Waals surface area contributed by atoms with E-state index in [2.05, 4.69) is 15.3 Å². The van der Waals surface area contributed by atoms with E-state index in [0.29, 0.717) is 19.5 Å². The molecule has 1 aliphatic heterocycles. The molecule has 1 heterocycles. The number of nitrogens with zero attached hydrogens (tertiary/aromatic N) is 4. The summed E-state index contributed by atoms with van der Waals surface area (Å²) in [5, 5.41) is 6.28. The van der Waals surface area contributed by atoms with Crippen molar-refractivity contribution in [1.29, 1.82) is 0 Å². The van der Waals surface area contributed by atoms with Crippen LogP contribution in [0.3, 0.4) is 0 Å². The summed E-state index contributed by atoms with van der Waals surface area (Å²) in [6, 6.07) is 5.48. The zero-order valence-corrected chi connectivity index (χ0v) is 12.0. The molecular formula is C14H17N5O2. The van der Waals surface area contributed by atoms with E-state index in [4.69, 9.17) is 5.53 Å². The van der Waals surface area contributed by atoms with Gasteiger partial charge in [0.15, 0.2) is 0 Å². The molecule has 1 saturated heterocycles. The SMILES string of the molecule is CC(=O)Nc1ccc(N2CC(CN=[N+]=[N-])CC2=O)cc1C. The highest BCUT2D eigenvalue weighted by Gasteiger charge is 2.30. The fourth-order valence-corrected chi connectivity index (χ4v) is 2.45. The van der Waals surface area contributed by atoms with Gasteiger partial charge < -0.3 is 10.2 Å². The fraction of sp³-hybridized carbons (Fsp3) is 0.429. The van der Waals surface area contributed by atoms with E-state index in [1.807, 2.05) is 19.1 Å². The molecular weight excluding hydrogens is 270 g/mol. The van der Waals surface area contributed by atoms with Gasteiger partial charge in [-0.3, -0.25) is 9.59 Å². The second-order valence-corrected chi connectivity index (χ2v) is 5.17. The van der Waals surface area contributed by atoms with Crippen molar-refractivity contribution in [2.75, 3.05) is 23.3 Å². The number of benzene rings is 1. The molecule has 2 amide bonds. The number of hydrogen-bond acceptors (Lipinski definition) is 3. The van der Waals surface area contributed by atoms with Gasteiger partial charge in [-0.1, -0.05) is 5.11 Å². The number of carbonyl (C=O) groups is 2. The lowest BCUT2D eigenvalue weighted by molar-refractivity contribution is -0.117. The smallest absolute Gasteiger partial charge is 0.227 e. The summed E-state index contributed by atoms with van der Waals surface area (Å²) in [5.74, 6) is -0.0407. The third kappa shape index (κ3) is 3.52. The maximum Gasteiger partial charge on any atom is 0.227 e. The highest BCUT2D eigenvalue weighted by atomic mass is 16.2. The first-order valence-corrected chi connectivity index (χ1v) is 6.70. The van der Waals surface area contributed by atoms with Crippen LogP contribution >= 0.6 is 0 Å². The second kappa shape index (κ2) is 6.28. The van der Waals surface area contributed by atoms with E-state index in [9.17, 15) is 9.59 Å². The number of rotatable bonds is 4. The number of aryl methyl sites for hydroxylation is 1. The molecule has 1 N–H and O–H groups in total. The lowest BCUT2D eigenvalue weighted by Gasteiger charge is -2.18. The molecule has 1 aliphatic rings. The van der Waals surface area contributed by atoms with Gasteiger partial charge >= 0.3 is 0 Å². The van der Waals surface area contributed by atoms with Crippen LogP contribution in [0.4, 0.5) is 11.4 Å². The Morgan fingerprint density at radius 3 is 2.95 bits per heavy atom. The minimum Gasteiger partial charge on any atom is -0.326 e. The molecule has 0 saturated carbocycles. The maximum atomic E-state index is 12.0. The van der Waals surface area contributed by atoms with Gasteiger partial charge in [0.05, 0.1) is 0 Å². The topological polar surface area (TPSA) is 98.2 Å². The highest BCUT2D eigenvalue weighted by molar-refractivity contribution is 5.96. The first-order chi connectivity index (χ1) is 10.0. The Hall–Kier alpha value is -2.53. The lowest BCUT2D eigenvalue weighted by atomic mass is 10.1. The van der Waals surface area contributed by atoms with Crippen LogP contribution in [0.2, 0.25) is 0 Å². The molecule has 1 aromatic rings. The van der Waals surface area contributed by atoms with Gasteiger partial charge in [0.2, 0.25) is 11.8 Å². The third-order valence-corrected chi connectivity index (χ3v) is 3.44. The van der Waals surface area contributed by atoms with Gasteiger partial charge in [0.25, 0.3) is 0 Å². The summed E-state index contributed by atoms with van der Waals surface area (Å²) in [5.41, 5.74) is 10.8. The van der Waals surface area contributed by atoms with E-state index < -0.39 is 0 Å². The largest absolute Gasteiger partial charge is 0.326 e. The Morgan fingerprint density at radius 2 is 2.33 bits per heavy atom. The average Bonchev–Trinajstić information content (AvgIpc) is 2.79. The molecule has 1 aromatic carbocycles. The predicted molar refractivity (Wildman–Crippen MR) is 80.0 cm³/mol. The lowest BCUT2D eigenvalue weighted by Crippen LogP contribution is -2.24. The van der Waals surface area contributed by atoms with E-state index in [0.717, 1.165) is 16.9 Å². The van der Waals surface area contributed by atoms with Crippen LogP contribution < -0.4 is 10.2 Å². The minimum absolute atomic E-state index is 0.0276. The molecule has 21 heavy (non-hydrogen) atoms. The molecule has 0 aromatic heterocycles. The number of nitrogens with one attached hydrogen (secondary N) is 1. The third-order valence-electron chi connectivity index (χ3n) is 3.44. The second-order valence-electron chi connectivity index (χ2n) is 5.17. The maximum absolute atomic E-state index is 12.0. The fourth-order valence-electron chi connectivity index (χ4n) is 2.45. The van der Waals surface area contributed by atoms with Crippen molar-refractivity contribution >= 4 is 23.2 Å². The van der Waals surface area contributed by atoms with Crippen molar-refractivity contribution < 1.29 is 9.59 Å².